The lowest BCUT2D eigenvalue weighted by Crippen LogP contribution is -2.38. The second-order valence-electron chi connectivity index (χ2n) is 6.85. The molecule has 1 N–H and O–H groups in total. The van der Waals surface area contributed by atoms with Gasteiger partial charge in [-0.05, 0) is 18.1 Å². The molecule has 3 aromatic rings. The molecule has 0 saturated heterocycles. The molecule has 1 aliphatic heterocycles. The average molecular weight is 365 g/mol. The van der Waals surface area contributed by atoms with Gasteiger partial charge in [-0.3, -0.25) is 14.2 Å². The number of nitrogens with zero attached hydrogens (tertiary/aromatic N) is 5. The zero-order valence-corrected chi connectivity index (χ0v) is 15.3. The molecule has 0 radical (unpaired) electrons. The minimum absolute atomic E-state index is 0.0284. The van der Waals surface area contributed by atoms with Crippen molar-refractivity contribution in [2.75, 3.05) is 6.54 Å². The number of hydrogen-bond donors (Lipinski definition) is 1. The van der Waals surface area contributed by atoms with Crippen molar-refractivity contribution in [1.29, 1.82) is 0 Å². The predicted octanol–water partition coefficient (Wildman–Crippen LogP) is 2.23. The molecule has 1 atom stereocenters. The van der Waals surface area contributed by atoms with Gasteiger partial charge in [0.05, 0.1) is 48.9 Å². The van der Waals surface area contributed by atoms with Crippen molar-refractivity contribution < 1.29 is 9.90 Å². The molecule has 1 aliphatic rings. The zero-order chi connectivity index (χ0) is 18.8. The second kappa shape index (κ2) is 7.36. The topological polar surface area (TPSA) is 76.2 Å². The number of fused-ring (bicyclic) bond motifs is 1. The summed E-state index contributed by atoms with van der Waals surface area (Å²) in [6, 6.07) is 11.9. The van der Waals surface area contributed by atoms with E-state index in [1.165, 1.54) is 0 Å². The van der Waals surface area contributed by atoms with Crippen molar-refractivity contribution in [3.8, 4) is 0 Å². The summed E-state index contributed by atoms with van der Waals surface area (Å²) in [4.78, 5) is 14.7. The van der Waals surface area contributed by atoms with E-state index in [0.29, 0.717) is 43.9 Å². The summed E-state index contributed by atoms with van der Waals surface area (Å²) in [6.07, 6.45) is 3.50. The van der Waals surface area contributed by atoms with E-state index in [1.807, 2.05) is 52.9 Å². The molecule has 0 saturated carbocycles. The first-order valence-electron chi connectivity index (χ1n) is 9.24. The van der Waals surface area contributed by atoms with Crippen LogP contribution in [0.3, 0.4) is 0 Å². The van der Waals surface area contributed by atoms with Crippen molar-refractivity contribution in [2.45, 2.75) is 39.1 Å². The molecule has 0 fully saturated rings. The van der Waals surface area contributed by atoms with Crippen molar-refractivity contribution >= 4 is 5.91 Å². The zero-order valence-electron chi connectivity index (χ0n) is 15.3. The van der Waals surface area contributed by atoms with Crippen LogP contribution in [-0.4, -0.2) is 42.0 Å². The van der Waals surface area contributed by atoms with Crippen molar-refractivity contribution in [2.24, 2.45) is 0 Å². The SMILES string of the molecule is CCC(O)c1cc2n(n1)CCN(C(=O)c1cnn(Cc3ccccc3)c1)C2. The van der Waals surface area contributed by atoms with Crippen LogP contribution in [0.1, 0.15) is 46.8 Å². The number of hydrogen-bond acceptors (Lipinski definition) is 4. The van der Waals surface area contributed by atoms with Gasteiger partial charge in [-0.1, -0.05) is 37.3 Å². The van der Waals surface area contributed by atoms with E-state index in [-0.39, 0.29) is 5.91 Å². The number of benzene rings is 1. The van der Waals surface area contributed by atoms with Crippen molar-refractivity contribution in [3.05, 3.63) is 71.3 Å². The van der Waals surface area contributed by atoms with Gasteiger partial charge in [0.2, 0.25) is 0 Å². The van der Waals surface area contributed by atoms with Gasteiger partial charge in [0.25, 0.3) is 5.91 Å². The summed E-state index contributed by atoms with van der Waals surface area (Å²) in [6.45, 7) is 4.28. The molecule has 1 aromatic carbocycles. The number of carbonyl (C=O) groups excluding carboxylic acids is 1. The third-order valence-corrected chi connectivity index (χ3v) is 4.90. The highest BCUT2D eigenvalue weighted by molar-refractivity contribution is 5.93. The highest BCUT2D eigenvalue weighted by Gasteiger charge is 2.25. The normalized spacial score (nSPS) is 14.8. The molecule has 0 aliphatic carbocycles. The quantitative estimate of drug-likeness (QED) is 0.752. The maximum Gasteiger partial charge on any atom is 0.257 e. The number of aromatic nitrogens is 4. The fraction of sp³-hybridized carbons (Fsp3) is 0.350. The van der Waals surface area contributed by atoms with Crippen molar-refractivity contribution in [1.82, 2.24) is 24.5 Å². The van der Waals surface area contributed by atoms with Gasteiger partial charge in [-0.2, -0.15) is 10.2 Å². The number of rotatable bonds is 5. The largest absolute Gasteiger partial charge is 0.387 e. The average Bonchev–Trinajstić information content (AvgIpc) is 3.34. The molecule has 27 heavy (non-hydrogen) atoms. The van der Waals surface area contributed by atoms with Gasteiger partial charge in [0, 0.05) is 12.7 Å². The van der Waals surface area contributed by atoms with Crippen LogP contribution in [0.15, 0.2) is 48.8 Å². The van der Waals surface area contributed by atoms with Crippen LogP contribution in [0, 0.1) is 0 Å². The number of carbonyl (C=O) groups is 1. The minimum atomic E-state index is -0.552. The van der Waals surface area contributed by atoms with Gasteiger partial charge in [0.15, 0.2) is 0 Å². The third-order valence-electron chi connectivity index (χ3n) is 4.90. The standard InChI is InChI=1S/C20H23N5O2/c1-2-19(26)18-10-17-14-23(8-9-25(17)22-18)20(27)16-11-21-24(13-16)12-15-6-4-3-5-7-15/h3-7,10-11,13,19,26H,2,8-9,12,14H2,1H3. The van der Waals surface area contributed by atoms with E-state index < -0.39 is 6.10 Å². The number of aliphatic hydroxyl groups excluding tert-OH is 1. The highest BCUT2D eigenvalue weighted by Crippen LogP contribution is 2.21. The van der Waals surface area contributed by atoms with Crippen LogP contribution in [0.2, 0.25) is 0 Å². The molecule has 140 valence electrons. The van der Waals surface area contributed by atoms with E-state index in [9.17, 15) is 9.90 Å². The first-order valence-corrected chi connectivity index (χ1v) is 9.24. The Bertz CT molecular complexity index is 931. The lowest BCUT2D eigenvalue weighted by molar-refractivity contribution is 0.0705. The molecule has 2 aromatic heterocycles. The van der Waals surface area contributed by atoms with Gasteiger partial charge >= 0.3 is 0 Å². The Morgan fingerprint density at radius 1 is 1.26 bits per heavy atom. The highest BCUT2D eigenvalue weighted by atomic mass is 16.3. The first-order chi connectivity index (χ1) is 13.1. The Morgan fingerprint density at radius 2 is 2.07 bits per heavy atom. The third kappa shape index (κ3) is 3.64. The molecule has 1 unspecified atom stereocenters. The maximum absolute atomic E-state index is 12.9. The van der Waals surface area contributed by atoms with E-state index in [2.05, 4.69) is 10.2 Å². The van der Waals surface area contributed by atoms with Crippen LogP contribution in [0.5, 0.6) is 0 Å². The molecule has 1 amide bonds. The van der Waals surface area contributed by atoms with E-state index in [1.54, 1.807) is 17.1 Å². The first kappa shape index (κ1) is 17.5. The van der Waals surface area contributed by atoms with Gasteiger partial charge < -0.3 is 10.0 Å². The fourth-order valence-corrected chi connectivity index (χ4v) is 3.35. The molecule has 7 nitrogen and oxygen atoms in total. The molecular formula is C20H23N5O2. The molecule has 0 bridgehead atoms. The summed E-state index contributed by atoms with van der Waals surface area (Å²) in [7, 11) is 0. The second-order valence-corrected chi connectivity index (χ2v) is 6.85. The smallest absolute Gasteiger partial charge is 0.257 e. The summed E-state index contributed by atoms with van der Waals surface area (Å²) in [5, 5.41) is 18.8. The lowest BCUT2D eigenvalue weighted by Gasteiger charge is -2.27. The van der Waals surface area contributed by atoms with Crippen LogP contribution in [-0.2, 0) is 19.6 Å². The van der Waals surface area contributed by atoms with E-state index in [4.69, 9.17) is 0 Å². The predicted molar refractivity (Wildman–Crippen MR) is 100.0 cm³/mol. The van der Waals surface area contributed by atoms with Crippen molar-refractivity contribution in [3.63, 3.8) is 0 Å². The van der Waals surface area contributed by atoms with Gasteiger partial charge in [-0.25, -0.2) is 0 Å². The Hall–Kier alpha value is -2.93. The Kier molecular flexibility index (Phi) is 4.77. The lowest BCUT2D eigenvalue weighted by atomic mass is 10.2. The van der Waals surface area contributed by atoms with Gasteiger partial charge in [-0.15, -0.1) is 0 Å². The number of amides is 1. The van der Waals surface area contributed by atoms with Crippen LogP contribution >= 0.6 is 0 Å². The van der Waals surface area contributed by atoms with Crippen LogP contribution < -0.4 is 0 Å². The van der Waals surface area contributed by atoms with Crippen LogP contribution in [0.25, 0.3) is 0 Å². The number of aliphatic hydroxyl groups is 1. The summed E-state index contributed by atoms with van der Waals surface area (Å²) in [5.41, 5.74) is 3.36. The molecule has 0 spiro atoms. The monoisotopic (exact) mass is 365 g/mol. The van der Waals surface area contributed by atoms with E-state index >= 15 is 0 Å². The molecule has 3 heterocycles. The minimum Gasteiger partial charge on any atom is -0.387 e. The summed E-state index contributed by atoms with van der Waals surface area (Å²) >= 11 is 0. The molecule has 7 heteroatoms. The van der Waals surface area contributed by atoms with Gasteiger partial charge in [0.1, 0.15) is 0 Å². The molecule has 4 rings (SSSR count). The van der Waals surface area contributed by atoms with Crippen LogP contribution in [0.4, 0.5) is 0 Å². The summed E-state index contributed by atoms with van der Waals surface area (Å²) in [5.74, 6) is -0.0284. The fourth-order valence-electron chi connectivity index (χ4n) is 3.35. The molecular weight excluding hydrogens is 342 g/mol. The Labute approximate surface area is 157 Å². The van der Waals surface area contributed by atoms with E-state index in [0.717, 1.165) is 11.3 Å². The maximum atomic E-state index is 12.9. The Morgan fingerprint density at radius 3 is 2.85 bits per heavy atom. The summed E-state index contributed by atoms with van der Waals surface area (Å²) < 4.78 is 3.67. The Balaban J connectivity index is 1.45.